The number of nitriles is 1. The number of aliphatic hydroxyl groups is 1. The fourth-order valence-electron chi connectivity index (χ4n) is 4.99. The van der Waals surface area contributed by atoms with Gasteiger partial charge in [0.2, 0.25) is 5.95 Å². The van der Waals surface area contributed by atoms with Gasteiger partial charge in [-0.25, -0.2) is 14.2 Å². The Bertz CT molecular complexity index is 1450. The van der Waals surface area contributed by atoms with Crippen molar-refractivity contribution in [2.24, 2.45) is 4.36 Å². The molecule has 36 heavy (non-hydrogen) atoms. The molecule has 5 rings (SSSR count). The first-order chi connectivity index (χ1) is 17.2. The normalized spacial score (nSPS) is 19.2. The van der Waals surface area contributed by atoms with Crippen molar-refractivity contribution in [3.05, 3.63) is 58.8 Å². The van der Waals surface area contributed by atoms with Crippen LogP contribution >= 0.6 is 0 Å². The highest BCUT2D eigenvalue weighted by Gasteiger charge is 2.32. The number of pyridine rings is 1. The quantitative estimate of drug-likeness (QED) is 0.477. The predicted molar refractivity (Wildman–Crippen MR) is 139 cm³/mol. The topological polar surface area (TPSA) is 139 Å². The van der Waals surface area contributed by atoms with Crippen LogP contribution in [0.2, 0.25) is 0 Å². The Morgan fingerprint density at radius 2 is 2.03 bits per heavy atom. The smallest absolute Gasteiger partial charge is 0.229 e. The van der Waals surface area contributed by atoms with Gasteiger partial charge in [0.25, 0.3) is 0 Å². The lowest BCUT2D eigenvalue weighted by atomic mass is 9.76. The van der Waals surface area contributed by atoms with Crippen LogP contribution in [0.25, 0.3) is 0 Å². The molecule has 0 bridgehead atoms. The van der Waals surface area contributed by atoms with Gasteiger partial charge in [0.15, 0.2) is 11.6 Å². The Kier molecular flexibility index (Phi) is 6.34. The maximum atomic E-state index is 12.0. The van der Waals surface area contributed by atoms with Gasteiger partial charge in [0, 0.05) is 41.0 Å². The lowest BCUT2D eigenvalue weighted by Gasteiger charge is -2.38. The first-order valence-electron chi connectivity index (χ1n) is 11.6. The first-order valence-corrected chi connectivity index (χ1v) is 14.0. The van der Waals surface area contributed by atoms with E-state index in [1.54, 1.807) is 30.7 Å². The van der Waals surface area contributed by atoms with Gasteiger partial charge in [-0.1, -0.05) is 6.07 Å². The highest BCUT2D eigenvalue weighted by Crippen LogP contribution is 2.40. The summed E-state index contributed by atoms with van der Waals surface area (Å²) in [6.07, 6.45) is 5.61. The van der Waals surface area contributed by atoms with Crippen molar-refractivity contribution in [1.29, 1.82) is 5.26 Å². The van der Waals surface area contributed by atoms with Crippen molar-refractivity contribution in [2.45, 2.75) is 31.4 Å². The summed E-state index contributed by atoms with van der Waals surface area (Å²) in [5.74, 6) is 1.71. The van der Waals surface area contributed by atoms with E-state index in [4.69, 9.17) is 0 Å². The van der Waals surface area contributed by atoms with Crippen LogP contribution in [0.5, 0.6) is 0 Å². The molecule has 0 saturated carbocycles. The number of hydrogen-bond donors (Lipinski definition) is 3. The SMILES string of the molecule is CN1Cc2cc(Nc3ncc(C#N)c(Nc4cccc(N=S(C)(C)=O)n4)n3)cc3c2C(CC(O)C3)C1. The molecule has 186 valence electrons. The molecule has 2 aliphatic rings. The van der Waals surface area contributed by atoms with E-state index in [-0.39, 0.29) is 11.7 Å². The number of hydrogen-bond acceptors (Lipinski definition) is 10. The fourth-order valence-corrected chi connectivity index (χ4v) is 5.55. The molecule has 2 aromatic heterocycles. The van der Waals surface area contributed by atoms with Gasteiger partial charge in [0.05, 0.1) is 12.3 Å². The van der Waals surface area contributed by atoms with Crippen molar-refractivity contribution < 1.29 is 9.32 Å². The van der Waals surface area contributed by atoms with Crippen LogP contribution in [0, 0.1) is 11.3 Å². The summed E-state index contributed by atoms with van der Waals surface area (Å²) in [7, 11) is -0.263. The van der Waals surface area contributed by atoms with Gasteiger partial charge in [-0.2, -0.15) is 14.6 Å². The Balaban J connectivity index is 1.44. The number of anilines is 4. The van der Waals surface area contributed by atoms with Crippen molar-refractivity contribution >= 4 is 38.8 Å². The third kappa shape index (κ3) is 5.31. The van der Waals surface area contributed by atoms with Crippen LogP contribution in [0.15, 0.2) is 40.9 Å². The maximum absolute atomic E-state index is 12.0. The lowest BCUT2D eigenvalue weighted by molar-refractivity contribution is 0.130. The maximum Gasteiger partial charge on any atom is 0.229 e. The molecule has 3 heterocycles. The number of rotatable bonds is 5. The molecule has 0 spiro atoms. The summed E-state index contributed by atoms with van der Waals surface area (Å²) in [5, 5.41) is 26.3. The summed E-state index contributed by atoms with van der Waals surface area (Å²) in [5.41, 5.74) is 4.87. The number of nitrogens with one attached hydrogen (secondary N) is 2. The molecule has 2 unspecified atom stereocenters. The lowest BCUT2D eigenvalue weighted by Crippen LogP contribution is -2.36. The molecule has 1 aromatic carbocycles. The van der Waals surface area contributed by atoms with Gasteiger partial charge >= 0.3 is 0 Å². The van der Waals surface area contributed by atoms with E-state index in [0.29, 0.717) is 35.7 Å². The minimum atomic E-state index is -2.36. The molecule has 10 nitrogen and oxygen atoms in total. The third-order valence-electron chi connectivity index (χ3n) is 6.20. The van der Waals surface area contributed by atoms with Crippen LogP contribution < -0.4 is 10.6 Å². The summed E-state index contributed by atoms with van der Waals surface area (Å²) in [6, 6.07) is 11.4. The highest BCUT2D eigenvalue weighted by molar-refractivity contribution is 7.92. The summed E-state index contributed by atoms with van der Waals surface area (Å²) in [4.78, 5) is 15.5. The van der Waals surface area contributed by atoms with Gasteiger partial charge in [-0.15, -0.1) is 0 Å². The molecule has 1 aliphatic heterocycles. The molecule has 2 atom stereocenters. The Morgan fingerprint density at radius 1 is 1.22 bits per heavy atom. The van der Waals surface area contributed by atoms with Crippen molar-refractivity contribution in [3.8, 4) is 6.07 Å². The van der Waals surface area contributed by atoms with Crippen molar-refractivity contribution in [1.82, 2.24) is 19.9 Å². The second kappa shape index (κ2) is 9.46. The van der Waals surface area contributed by atoms with E-state index in [1.807, 2.05) is 0 Å². The molecule has 3 N–H and O–H groups in total. The van der Waals surface area contributed by atoms with E-state index in [0.717, 1.165) is 30.8 Å². The number of likely N-dealkylation sites (N-methyl/N-ethyl adjacent to an activating group) is 1. The predicted octanol–water partition coefficient (Wildman–Crippen LogP) is 3.43. The molecule has 1 aliphatic carbocycles. The first kappa shape index (κ1) is 24.1. The van der Waals surface area contributed by atoms with Crippen LogP contribution in [0.4, 0.5) is 29.1 Å². The van der Waals surface area contributed by atoms with E-state index in [1.165, 1.54) is 17.3 Å². The van der Waals surface area contributed by atoms with E-state index >= 15 is 0 Å². The molecular formula is C25H28N8O2S. The molecule has 3 aromatic rings. The molecule has 0 radical (unpaired) electrons. The van der Waals surface area contributed by atoms with Crippen LogP contribution in [-0.2, 0) is 22.7 Å². The highest BCUT2D eigenvalue weighted by atomic mass is 32.2. The van der Waals surface area contributed by atoms with Crippen molar-refractivity contribution in [2.75, 3.05) is 36.7 Å². The van der Waals surface area contributed by atoms with Gasteiger partial charge in [0.1, 0.15) is 17.5 Å². The van der Waals surface area contributed by atoms with E-state index < -0.39 is 9.73 Å². The average molecular weight is 505 g/mol. The molecule has 11 heteroatoms. The fraction of sp³-hybridized carbons (Fsp3) is 0.360. The van der Waals surface area contributed by atoms with Crippen molar-refractivity contribution in [3.63, 3.8) is 0 Å². The minimum Gasteiger partial charge on any atom is -0.393 e. The van der Waals surface area contributed by atoms with E-state index in [2.05, 4.69) is 60.1 Å². The molecule has 0 saturated heterocycles. The number of benzene rings is 1. The average Bonchev–Trinajstić information content (AvgIpc) is 2.77. The monoisotopic (exact) mass is 504 g/mol. The van der Waals surface area contributed by atoms with Gasteiger partial charge in [-0.3, -0.25) is 0 Å². The Labute approximate surface area is 210 Å². The van der Waals surface area contributed by atoms with Crippen LogP contribution in [0.1, 0.15) is 34.6 Å². The molecular weight excluding hydrogens is 476 g/mol. The Morgan fingerprint density at radius 3 is 2.81 bits per heavy atom. The Hall–Kier alpha value is -3.59. The number of aromatic nitrogens is 3. The van der Waals surface area contributed by atoms with Gasteiger partial charge in [-0.05, 0) is 66.8 Å². The third-order valence-corrected chi connectivity index (χ3v) is 6.83. The van der Waals surface area contributed by atoms with E-state index in [9.17, 15) is 14.6 Å². The largest absolute Gasteiger partial charge is 0.393 e. The second-order valence-corrected chi connectivity index (χ2v) is 12.2. The number of aliphatic hydroxyl groups excluding tert-OH is 1. The van der Waals surface area contributed by atoms with Gasteiger partial charge < -0.3 is 20.6 Å². The second-order valence-electron chi connectivity index (χ2n) is 9.67. The molecule has 0 fully saturated rings. The number of nitrogens with zero attached hydrogens (tertiary/aromatic N) is 6. The van der Waals surface area contributed by atoms with Crippen LogP contribution in [-0.4, -0.2) is 61.4 Å². The summed E-state index contributed by atoms with van der Waals surface area (Å²) in [6.45, 7) is 1.80. The standard InChI is InChI=1S/C25H28N8O2S/c1-33-13-16-8-19(7-15-9-20(34)10-17(14-33)23(15)16)28-25-27-12-18(11-26)24(31-25)30-21-5-4-6-22(29-21)32-36(2,3)35/h4-8,12,17,20,34H,9-10,13-14H2,1-3H3,(H2,27,28,29,30,31). The minimum absolute atomic E-state index is 0.257. The molecule has 0 amide bonds. The zero-order valence-corrected chi connectivity index (χ0v) is 21.2. The summed E-state index contributed by atoms with van der Waals surface area (Å²) < 4.78 is 16.1. The zero-order valence-electron chi connectivity index (χ0n) is 20.4. The summed E-state index contributed by atoms with van der Waals surface area (Å²) >= 11 is 0. The zero-order chi connectivity index (χ0) is 25.4. The van der Waals surface area contributed by atoms with Crippen LogP contribution in [0.3, 0.4) is 0 Å².